The Morgan fingerprint density at radius 1 is 0.704 bits per heavy atom. The number of rotatable bonds is 7. The minimum absolute atomic E-state index is 0.232. The normalized spacial score (nSPS) is 11.6. The summed E-state index contributed by atoms with van der Waals surface area (Å²) in [6, 6.07) is 31.9. The van der Waals surface area contributed by atoms with Crippen molar-refractivity contribution < 1.29 is 0 Å². The maximum Gasteiger partial charge on any atom is 0.0724 e. The zero-order valence-corrected chi connectivity index (χ0v) is 16.0. The molecule has 0 saturated heterocycles. The molecule has 0 bridgehead atoms. The van der Waals surface area contributed by atoms with Gasteiger partial charge in [0, 0.05) is 18.7 Å². The highest BCUT2D eigenvalue weighted by Crippen LogP contribution is 2.16. The van der Waals surface area contributed by atoms with Crippen LogP contribution in [0.1, 0.15) is 36.5 Å². The van der Waals surface area contributed by atoms with Crippen LogP contribution in [-0.4, -0.2) is 10.9 Å². The van der Waals surface area contributed by atoms with E-state index in [1.807, 2.05) is 18.2 Å². The van der Waals surface area contributed by atoms with E-state index in [9.17, 15) is 0 Å². The Balaban J connectivity index is 1.86. The summed E-state index contributed by atoms with van der Waals surface area (Å²) < 4.78 is 0. The molecular formula is C26H27N. The third-order valence-corrected chi connectivity index (χ3v) is 4.62. The second-order valence-corrected chi connectivity index (χ2v) is 6.82. The first-order valence-electron chi connectivity index (χ1n) is 9.73. The van der Waals surface area contributed by atoms with Crippen molar-refractivity contribution in [1.82, 2.24) is 4.90 Å². The van der Waals surface area contributed by atoms with Gasteiger partial charge < -0.3 is 0 Å². The molecule has 1 atom stereocenters. The molecule has 136 valence electrons. The molecule has 0 aliphatic rings. The molecule has 1 unspecified atom stereocenters. The van der Waals surface area contributed by atoms with Crippen LogP contribution in [-0.2, 0) is 13.1 Å². The molecule has 27 heavy (non-hydrogen) atoms. The number of hydrogen-bond acceptors (Lipinski definition) is 1. The molecule has 0 spiro atoms. The minimum atomic E-state index is 0.232. The van der Waals surface area contributed by atoms with Crippen molar-refractivity contribution in [1.29, 1.82) is 0 Å². The first-order chi connectivity index (χ1) is 13.3. The van der Waals surface area contributed by atoms with Crippen LogP contribution in [0.25, 0.3) is 0 Å². The van der Waals surface area contributed by atoms with E-state index in [1.54, 1.807) is 0 Å². The van der Waals surface area contributed by atoms with E-state index in [0.717, 1.165) is 31.5 Å². The van der Waals surface area contributed by atoms with E-state index in [2.05, 4.69) is 96.5 Å². The van der Waals surface area contributed by atoms with Gasteiger partial charge in [-0.3, -0.25) is 4.90 Å². The van der Waals surface area contributed by atoms with Crippen molar-refractivity contribution in [2.24, 2.45) is 0 Å². The maximum absolute atomic E-state index is 3.55. The van der Waals surface area contributed by atoms with Gasteiger partial charge in [0.1, 0.15) is 0 Å². The van der Waals surface area contributed by atoms with Gasteiger partial charge in [-0.05, 0) is 29.7 Å². The van der Waals surface area contributed by atoms with Crippen molar-refractivity contribution in [3.05, 3.63) is 108 Å². The summed E-state index contributed by atoms with van der Waals surface area (Å²) >= 11 is 0. The van der Waals surface area contributed by atoms with Crippen molar-refractivity contribution >= 4 is 0 Å². The fourth-order valence-corrected chi connectivity index (χ4v) is 3.22. The van der Waals surface area contributed by atoms with Crippen LogP contribution in [0.3, 0.4) is 0 Å². The van der Waals surface area contributed by atoms with Gasteiger partial charge in [-0.2, -0.15) is 0 Å². The monoisotopic (exact) mass is 353 g/mol. The zero-order valence-electron chi connectivity index (χ0n) is 16.0. The van der Waals surface area contributed by atoms with Crippen LogP contribution < -0.4 is 0 Å². The van der Waals surface area contributed by atoms with Crippen molar-refractivity contribution in [3.8, 4) is 11.8 Å². The SMILES string of the molecule is CCCC(C#Cc1ccccc1)N(Cc1ccccc1)Cc1ccccc1. The zero-order chi connectivity index (χ0) is 18.7. The van der Waals surface area contributed by atoms with Gasteiger partial charge in [0.15, 0.2) is 0 Å². The quantitative estimate of drug-likeness (QED) is 0.477. The summed E-state index contributed by atoms with van der Waals surface area (Å²) in [6.07, 6.45) is 2.19. The number of nitrogens with zero attached hydrogens (tertiary/aromatic N) is 1. The average Bonchev–Trinajstić information content (AvgIpc) is 2.73. The van der Waals surface area contributed by atoms with Crippen LogP contribution in [0.5, 0.6) is 0 Å². The largest absolute Gasteiger partial charge is 0.281 e. The highest BCUT2D eigenvalue weighted by atomic mass is 15.1. The molecule has 1 nitrogen and oxygen atoms in total. The molecule has 0 radical (unpaired) electrons. The predicted molar refractivity (Wildman–Crippen MR) is 114 cm³/mol. The van der Waals surface area contributed by atoms with E-state index < -0.39 is 0 Å². The highest BCUT2D eigenvalue weighted by molar-refractivity contribution is 5.35. The fraction of sp³-hybridized carbons (Fsp3) is 0.231. The molecule has 0 saturated carbocycles. The van der Waals surface area contributed by atoms with Crippen molar-refractivity contribution in [3.63, 3.8) is 0 Å². The molecule has 1 heteroatoms. The van der Waals surface area contributed by atoms with Crippen LogP contribution in [0, 0.1) is 11.8 Å². The predicted octanol–water partition coefficient (Wildman–Crippen LogP) is 5.91. The highest BCUT2D eigenvalue weighted by Gasteiger charge is 2.16. The Bertz CT molecular complexity index is 803. The summed E-state index contributed by atoms with van der Waals surface area (Å²) in [5, 5.41) is 0. The molecule has 0 aromatic heterocycles. The molecule has 0 fully saturated rings. The molecule has 0 aliphatic carbocycles. The summed E-state index contributed by atoms with van der Waals surface area (Å²) in [7, 11) is 0. The molecule has 0 N–H and O–H groups in total. The van der Waals surface area contributed by atoms with Crippen LogP contribution in [0.2, 0.25) is 0 Å². The molecular weight excluding hydrogens is 326 g/mol. The van der Waals surface area contributed by atoms with Gasteiger partial charge in [0.2, 0.25) is 0 Å². The lowest BCUT2D eigenvalue weighted by atomic mass is 10.1. The van der Waals surface area contributed by atoms with Gasteiger partial charge in [-0.25, -0.2) is 0 Å². The lowest BCUT2D eigenvalue weighted by Crippen LogP contribution is -2.33. The Hall–Kier alpha value is -2.82. The number of benzene rings is 3. The molecule has 3 rings (SSSR count). The Labute approximate surface area is 163 Å². The third kappa shape index (κ3) is 6.13. The summed E-state index contributed by atoms with van der Waals surface area (Å²) in [5.74, 6) is 6.94. The lowest BCUT2D eigenvalue weighted by molar-refractivity contribution is 0.207. The summed E-state index contributed by atoms with van der Waals surface area (Å²) in [4.78, 5) is 2.50. The van der Waals surface area contributed by atoms with E-state index in [1.165, 1.54) is 11.1 Å². The fourth-order valence-electron chi connectivity index (χ4n) is 3.22. The summed E-state index contributed by atoms with van der Waals surface area (Å²) in [5.41, 5.74) is 3.74. The first kappa shape index (κ1) is 19.0. The van der Waals surface area contributed by atoms with Crippen LogP contribution >= 0.6 is 0 Å². The first-order valence-corrected chi connectivity index (χ1v) is 9.73. The minimum Gasteiger partial charge on any atom is -0.281 e. The van der Waals surface area contributed by atoms with Crippen molar-refractivity contribution in [2.75, 3.05) is 0 Å². The number of hydrogen-bond donors (Lipinski definition) is 0. The van der Waals surface area contributed by atoms with E-state index in [0.29, 0.717) is 0 Å². The third-order valence-electron chi connectivity index (χ3n) is 4.62. The lowest BCUT2D eigenvalue weighted by Gasteiger charge is -2.28. The second-order valence-electron chi connectivity index (χ2n) is 6.82. The van der Waals surface area contributed by atoms with Gasteiger partial charge in [-0.15, -0.1) is 0 Å². The standard InChI is InChI=1S/C26H27N/c1-2-12-26(20-19-23-13-6-3-7-14-23)27(21-24-15-8-4-9-16-24)22-25-17-10-5-11-18-25/h3-11,13-18,26H,2,12,21-22H2,1H3. The van der Waals surface area contributed by atoms with Crippen molar-refractivity contribution in [2.45, 2.75) is 38.9 Å². The Morgan fingerprint density at radius 3 is 1.67 bits per heavy atom. The molecule has 3 aromatic carbocycles. The molecule has 0 aliphatic heterocycles. The topological polar surface area (TPSA) is 3.24 Å². The van der Waals surface area contributed by atoms with Gasteiger partial charge >= 0.3 is 0 Å². The van der Waals surface area contributed by atoms with Gasteiger partial charge in [0.25, 0.3) is 0 Å². The van der Waals surface area contributed by atoms with Gasteiger partial charge in [0.05, 0.1) is 6.04 Å². The summed E-state index contributed by atoms with van der Waals surface area (Å²) in [6.45, 7) is 4.05. The Kier molecular flexibility index (Phi) is 7.27. The smallest absolute Gasteiger partial charge is 0.0724 e. The van der Waals surface area contributed by atoms with E-state index >= 15 is 0 Å². The van der Waals surface area contributed by atoms with E-state index in [-0.39, 0.29) is 6.04 Å². The van der Waals surface area contributed by atoms with Gasteiger partial charge in [-0.1, -0.05) is 104 Å². The average molecular weight is 354 g/mol. The van der Waals surface area contributed by atoms with Crippen LogP contribution in [0.4, 0.5) is 0 Å². The maximum atomic E-state index is 3.55. The molecule has 0 amide bonds. The van der Waals surface area contributed by atoms with Crippen LogP contribution in [0.15, 0.2) is 91.0 Å². The second kappa shape index (κ2) is 10.4. The molecule has 3 aromatic rings. The molecule has 0 heterocycles. The van der Waals surface area contributed by atoms with E-state index in [4.69, 9.17) is 0 Å². The Morgan fingerprint density at radius 2 is 1.19 bits per heavy atom.